The molecule has 0 atom stereocenters. The summed E-state index contributed by atoms with van der Waals surface area (Å²) in [5.74, 6) is 1.05. The zero-order valence-electron chi connectivity index (χ0n) is 11.4. The molecule has 3 heteroatoms. The molecule has 2 rings (SSSR count). The zero-order valence-corrected chi connectivity index (χ0v) is 11.4. The molecule has 18 heavy (non-hydrogen) atoms. The minimum absolute atomic E-state index is 0.490. The van der Waals surface area contributed by atoms with Gasteiger partial charge in [0.25, 0.3) is 0 Å². The maximum atomic E-state index is 4.48. The summed E-state index contributed by atoms with van der Waals surface area (Å²) in [6, 6.07) is 8.96. The lowest BCUT2D eigenvalue weighted by Gasteiger charge is -2.13. The number of aromatic nitrogens is 2. The van der Waals surface area contributed by atoms with Gasteiger partial charge in [-0.25, -0.2) is 4.98 Å². The van der Waals surface area contributed by atoms with Gasteiger partial charge in [0.1, 0.15) is 5.82 Å². The van der Waals surface area contributed by atoms with E-state index < -0.39 is 0 Å². The van der Waals surface area contributed by atoms with Crippen LogP contribution in [-0.4, -0.2) is 15.6 Å². The third-order valence-corrected chi connectivity index (χ3v) is 3.02. The van der Waals surface area contributed by atoms with Gasteiger partial charge in [0, 0.05) is 37.1 Å². The van der Waals surface area contributed by atoms with E-state index in [1.165, 1.54) is 11.1 Å². The fourth-order valence-electron chi connectivity index (χ4n) is 2.02. The predicted molar refractivity (Wildman–Crippen MR) is 75.3 cm³/mol. The first-order valence-electron chi connectivity index (χ1n) is 6.55. The molecule has 0 saturated carbocycles. The van der Waals surface area contributed by atoms with Crippen LogP contribution in [0, 0.1) is 0 Å². The molecule has 1 N–H and O–H groups in total. The molecule has 0 aliphatic rings. The maximum absolute atomic E-state index is 4.48. The Bertz CT molecular complexity index is 500. The van der Waals surface area contributed by atoms with E-state index in [0.29, 0.717) is 6.04 Å². The van der Waals surface area contributed by atoms with Crippen molar-refractivity contribution in [3.05, 3.63) is 42.2 Å². The van der Waals surface area contributed by atoms with Crippen molar-refractivity contribution in [2.75, 3.05) is 0 Å². The Morgan fingerprint density at radius 2 is 2.06 bits per heavy atom. The molecule has 0 aliphatic carbocycles. The van der Waals surface area contributed by atoms with Crippen LogP contribution in [-0.2, 0) is 13.1 Å². The summed E-state index contributed by atoms with van der Waals surface area (Å²) in [6.07, 6.45) is 3.90. The highest BCUT2D eigenvalue weighted by molar-refractivity contribution is 5.60. The summed E-state index contributed by atoms with van der Waals surface area (Å²) in [7, 11) is 0. The van der Waals surface area contributed by atoms with E-state index in [9.17, 15) is 0 Å². The summed E-state index contributed by atoms with van der Waals surface area (Å²) < 4.78 is 2.17. The monoisotopic (exact) mass is 243 g/mol. The van der Waals surface area contributed by atoms with Crippen LogP contribution in [0.15, 0.2) is 36.7 Å². The van der Waals surface area contributed by atoms with Gasteiger partial charge in [-0.15, -0.1) is 0 Å². The molecule has 0 aliphatic heterocycles. The fraction of sp³-hybridized carbons (Fsp3) is 0.400. The average molecular weight is 243 g/mol. The number of benzene rings is 1. The van der Waals surface area contributed by atoms with Crippen molar-refractivity contribution in [3.63, 3.8) is 0 Å². The molecule has 0 unspecified atom stereocenters. The van der Waals surface area contributed by atoms with Crippen LogP contribution < -0.4 is 5.32 Å². The van der Waals surface area contributed by atoms with Crippen LogP contribution in [0.5, 0.6) is 0 Å². The number of hydrogen-bond acceptors (Lipinski definition) is 2. The molecule has 0 spiro atoms. The van der Waals surface area contributed by atoms with Gasteiger partial charge < -0.3 is 9.88 Å². The van der Waals surface area contributed by atoms with Gasteiger partial charge in [-0.3, -0.25) is 0 Å². The Balaban J connectivity index is 2.32. The summed E-state index contributed by atoms with van der Waals surface area (Å²) in [5, 5.41) is 3.46. The Morgan fingerprint density at radius 3 is 2.78 bits per heavy atom. The lowest BCUT2D eigenvalue weighted by Crippen LogP contribution is -2.22. The van der Waals surface area contributed by atoms with E-state index in [2.05, 4.69) is 59.9 Å². The smallest absolute Gasteiger partial charge is 0.140 e. The summed E-state index contributed by atoms with van der Waals surface area (Å²) in [6.45, 7) is 8.29. The zero-order chi connectivity index (χ0) is 13.0. The van der Waals surface area contributed by atoms with E-state index in [1.54, 1.807) is 0 Å². The van der Waals surface area contributed by atoms with Gasteiger partial charge in [-0.1, -0.05) is 38.1 Å². The molecular formula is C15H21N3. The molecule has 0 fully saturated rings. The number of imidazole rings is 1. The second kappa shape index (κ2) is 5.83. The Labute approximate surface area is 109 Å². The number of hydrogen-bond donors (Lipinski definition) is 1. The Morgan fingerprint density at radius 1 is 1.28 bits per heavy atom. The Hall–Kier alpha value is -1.61. The molecule has 0 bridgehead atoms. The normalized spacial score (nSPS) is 11.1. The predicted octanol–water partition coefficient (Wildman–Crippen LogP) is 3.07. The summed E-state index contributed by atoms with van der Waals surface area (Å²) >= 11 is 0. The molecule has 1 heterocycles. The third kappa shape index (κ3) is 2.79. The van der Waals surface area contributed by atoms with Gasteiger partial charge >= 0.3 is 0 Å². The lowest BCUT2D eigenvalue weighted by atomic mass is 10.1. The maximum Gasteiger partial charge on any atom is 0.140 e. The fourth-order valence-corrected chi connectivity index (χ4v) is 2.02. The number of aryl methyl sites for hydroxylation is 1. The average Bonchev–Trinajstić information content (AvgIpc) is 2.84. The van der Waals surface area contributed by atoms with Crippen LogP contribution in [0.4, 0.5) is 0 Å². The highest BCUT2D eigenvalue weighted by atomic mass is 15.1. The molecule has 2 aromatic rings. The topological polar surface area (TPSA) is 29.9 Å². The third-order valence-electron chi connectivity index (χ3n) is 3.02. The standard InChI is InChI=1S/C15H21N3/c1-4-18-10-9-16-15(18)14-8-6-5-7-13(14)11-17-12(2)3/h5-10,12,17H,4,11H2,1-3H3. The van der Waals surface area contributed by atoms with Gasteiger partial charge in [0.15, 0.2) is 0 Å². The summed E-state index contributed by atoms with van der Waals surface area (Å²) in [4.78, 5) is 4.48. The van der Waals surface area contributed by atoms with Crippen molar-refractivity contribution in [2.24, 2.45) is 0 Å². The van der Waals surface area contributed by atoms with Crippen molar-refractivity contribution < 1.29 is 0 Å². The van der Waals surface area contributed by atoms with Crippen molar-refractivity contribution in [3.8, 4) is 11.4 Å². The van der Waals surface area contributed by atoms with Gasteiger partial charge in [0.05, 0.1) is 0 Å². The van der Waals surface area contributed by atoms with Gasteiger partial charge in [-0.05, 0) is 12.5 Å². The first-order valence-corrected chi connectivity index (χ1v) is 6.55. The quantitative estimate of drug-likeness (QED) is 0.874. The van der Waals surface area contributed by atoms with Crippen LogP contribution in [0.2, 0.25) is 0 Å². The molecule has 1 aromatic heterocycles. The molecule has 0 radical (unpaired) electrons. The van der Waals surface area contributed by atoms with E-state index in [0.717, 1.165) is 18.9 Å². The number of nitrogens with zero attached hydrogens (tertiary/aromatic N) is 2. The second-order valence-electron chi connectivity index (χ2n) is 4.73. The van der Waals surface area contributed by atoms with Crippen molar-refractivity contribution in [1.82, 2.24) is 14.9 Å². The van der Waals surface area contributed by atoms with E-state index in [1.807, 2.05) is 12.4 Å². The van der Waals surface area contributed by atoms with Crippen LogP contribution in [0.3, 0.4) is 0 Å². The lowest BCUT2D eigenvalue weighted by molar-refractivity contribution is 0.589. The van der Waals surface area contributed by atoms with Gasteiger partial charge in [0.2, 0.25) is 0 Å². The van der Waals surface area contributed by atoms with E-state index in [4.69, 9.17) is 0 Å². The van der Waals surface area contributed by atoms with E-state index in [-0.39, 0.29) is 0 Å². The first kappa shape index (κ1) is 12.8. The van der Waals surface area contributed by atoms with Crippen molar-refractivity contribution in [1.29, 1.82) is 0 Å². The molecular weight excluding hydrogens is 222 g/mol. The minimum atomic E-state index is 0.490. The highest BCUT2D eigenvalue weighted by Crippen LogP contribution is 2.22. The van der Waals surface area contributed by atoms with Crippen LogP contribution >= 0.6 is 0 Å². The highest BCUT2D eigenvalue weighted by Gasteiger charge is 2.09. The minimum Gasteiger partial charge on any atom is -0.331 e. The van der Waals surface area contributed by atoms with Crippen LogP contribution in [0.1, 0.15) is 26.3 Å². The SMILES string of the molecule is CCn1ccnc1-c1ccccc1CNC(C)C. The molecule has 3 nitrogen and oxygen atoms in total. The summed E-state index contributed by atoms with van der Waals surface area (Å²) in [5.41, 5.74) is 2.52. The van der Waals surface area contributed by atoms with Crippen molar-refractivity contribution >= 4 is 0 Å². The number of rotatable bonds is 5. The molecule has 0 amide bonds. The first-order chi connectivity index (χ1) is 8.72. The molecule has 96 valence electrons. The Kier molecular flexibility index (Phi) is 4.15. The number of nitrogens with one attached hydrogen (secondary N) is 1. The van der Waals surface area contributed by atoms with Gasteiger partial charge in [-0.2, -0.15) is 0 Å². The largest absolute Gasteiger partial charge is 0.331 e. The van der Waals surface area contributed by atoms with E-state index >= 15 is 0 Å². The second-order valence-corrected chi connectivity index (χ2v) is 4.73. The van der Waals surface area contributed by atoms with Crippen LogP contribution in [0.25, 0.3) is 11.4 Å². The molecule has 1 aromatic carbocycles. The van der Waals surface area contributed by atoms with Crippen molar-refractivity contribution in [2.45, 2.75) is 39.9 Å². The molecule has 0 saturated heterocycles.